The van der Waals surface area contributed by atoms with Crippen molar-refractivity contribution in [1.29, 1.82) is 0 Å². The van der Waals surface area contributed by atoms with Gasteiger partial charge >= 0.3 is 0 Å². The minimum atomic E-state index is 0.478. The summed E-state index contributed by atoms with van der Waals surface area (Å²) in [5.41, 5.74) is 0. The van der Waals surface area contributed by atoms with Crippen LogP contribution in [0.3, 0.4) is 0 Å². The van der Waals surface area contributed by atoms with E-state index in [9.17, 15) is 0 Å². The van der Waals surface area contributed by atoms with Gasteiger partial charge in [-0.25, -0.2) is 0 Å². The standard InChI is InChI=1S/C20H34N6S/c1-3-21-19(25-11-12-27-20(15-25)9-5-4-6-10-20)22-13-17-7-8-18-24-23-16(2)26(18)14-17/h17H,3-15H2,1-2H3,(H,21,22). The average Bonchev–Trinajstić information content (AvgIpc) is 3.06. The number of nitrogens with zero attached hydrogens (tertiary/aromatic N) is 5. The number of fused-ring (bicyclic) bond motifs is 1. The van der Waals surface area contributed by atoms with Gasteiger partial charge in [0.05, 0.1) is 0 Å². The summed E-state index contributed by atoms with van der Waals surface area (Å²) >= 11 is 2.23. The molecule has 1 aliphatic carbocycles. The van der Waals surface area contributed by atoms with E-state index in [1.54, 1.807) is 0 Å². The first-order valence-electron chi connectivity index (χ1n) is 10.7. The van der Waals surface area contributed by atoms with Crippen LogP contribution in [0.2, 0.25) is 0 Å². The smallest absolute Gasteiger partial charge is 0.193 e. The first-order valence-corrected chi connectivity index (χ1v) is 11.7. The Morgan fingerprint density at radius 2 is 2.15 bits per heavy atom. The number of aliphatic imine (C=N–C) groups is 1. The molecule has 0 aromatic carbocycles. The number of guanidine groups is 1. The molecule has 150 valence electrons. The van der Waals surface area contributed by atoms with Crippen molar-refractivity contribution in [3.8, 4) is 0 Å². The lowest BCUT2D eigenvalue weighted by Gasteiger charge is -2.45. The monoisotopic (exact) mass is 390 g/mol. The SMILES string of the molecule is CCNC(=NCC1CCc2nnc(C)n2C1)N1CCSC2(CCCCC2)C1. The largest absolute Gasteiger partial charge is 0.357 e. The summed E-state index contributed by atoms with van der Waals surface area (Å²) in [4.78, 5) is 7.64. The normalized spacial score (nSPS) is 25.5. The highest BCUT2D eigenvalue weighted by Gasteiger charge is 2.38. The molecule has 7 heteroatoms. The molecular formula is C20H34N6S. The molecule has 27 heavy (non-hydrogen) atoms. The molecule has 2 fully saturated rings. The van der Waals surface area contributed by atoms with Crippen molar-refractivity contribution in [2.75, 3.05) is 31.9 Å². The summed E-state index contributed by atoms with van der Waals surface area (Å²) in [5.74, 6) is 5.14. The molecule has 1 aromatic heterocycles. The van der Waals surface area contributed by atoms with Gasteiger partial charge in [0.15, 0.2) is 5.96 Å². The number of hydrogen-bond donors (Lipinski definition) is 1. The maximum atomic E-state index is 5.09. The molecule has 3 heterocycles. The van der Waals surface area contributed by atoms with Gasteiger partial charge in [-0.3, -0.25) is 4.99 Å². The fraction of sp³-hybridized carbons (Fsp3) is 0.850. The van der Waals surface area contributed by atoms with E-state index >= 15 is 0 Å². The Bertz CT molecular complexity index is 658. The van der Waals surface area contributed by atoms with Gasteiger partial charge < -0.3 is 14.8 Å². The predicted octanol–water partition coefficient (Wildman–Crippen LogP) is 2.87. The highest BCUT2D eigenvalue weighted by molar-refractivity contribution is 8.00. The molecule has 6 nitrogen and oxygen atoms in total. The van der Waals surface area contributed by atoms with Crippen LogP contribution in [0.4, 0.5) is 0 Å². The maximum Gasteiger partial charge on any atom is 0.193 e. The van der Waals surface area contributed by atoms with Crippen molar-refractivity contribution < 1.29 is 0 Å². The van der Waals surface area contributed by atoms with Gasteiger partial charge in [0.1, 0.15) is 11.6 Å². The average molecular weight is 391 g/mol. The van der Waals surface area contributed by atoms with Crippen molar-refractivity contribution in [3.63, 3.8) is 0 Å². The molecule has 1 aromatic rings. The van der Waals surface area contributed by atoms with Gasteiger partial charge in [0, 0.05) is 49.6 Å². The second kappa shape index (κ2) is 8.41. The minimum Gasteiger partial charge on any atom is -0.357 e. The first kappa shape index (κ1) is 19.1. The van der Waals surface area contributed by atoms with Crippen LogP contribution in [-0.2, 0) is 13.0 Å². The third-order valence-electron chi connectivity index (χ3n) is 6.38. The van der Waals surface area contributed by atoms with Crippen LogP contribution in [0, 0.1) is 12.8 Å². The lowest BCUT2D eigenvalue weighted by Crippen LogP contribution is -2.53. The van der Waals surface area contributed by atoms with E-state index in [0.717, 1.165) is 50.2 Å². The molecule has 0 bridgehead atoms. The van der Waals surface area contributed by atoms with E-state index in [0.29, 0.717) is 10.7 Å². The summed E-state index contributed by atoms with van der Waals surface area (Å²) in [7, 11) is 0. The van der Waals surface area contributed by atoms with Crippen LogP contribution in [0.15, 0.2) is 4.99 Å². The van der Waals surface area contributed by atoms with Crippen molar-refractivity contribution in [1.82, 2.24) is 25.0 Å². The molecule has 1 atom stereocenters. The summed E-state index contributed by atoms with van der Waals surface area (Å²) < 4.78 is 2.76. The fourth-order valence-electron chi connectivity index (χ4n) is 4.84. The van der Waals surface area contributed by atoms with E-state index < -0.39 is 0 Å². The highest BCUT2D eigenvalue weighted by Crippen LogP contribution is 2.42. The zero-order valence-electron chi connectivity index (χ0n) is 16.9. The van der Waals surface area contributed by atoms with Gasteiger partial charge in [-0.1, -0.05) is 19.3 Å². The molecule has 1 unspecified atom stereocenters. The predicted molar refractivity (Wildman–Crippen MR) is 112 cm³/mol. The number of hydrogen-bond acceptors (Lipinski definition) is 4. The molecule has 1 N–H and O–H groups in total. The molecule has 1 saturated heterocycles. The number of nitrogens with one attached hydrogen (secondary N) is 1. The first-order chi connectivity index (χ1) is 13.2. The highest BCUT2D eigenvalue weighted by atomic mass is 32.2. The Kier molecular flexibility index (Phi) is 5.95. The Morgan fingerprint density at radius 3 is 2.96 bits per heavy atom. The van der Waals surface area contributed by atoms with Crippen LogP contribution in [0.5, 0.6) is 0 Å². The van der Waals surface area contributed by atoms with Gasteiger partial charge in [-0.05, 0) is 39.0 Å². The van der Waals surface area contributed by atoms with E-state index in [1.807, 2.05) is 0 Å². The molecule has 4 rings (SSSR count). The van der Waals surface area contributed by atoms with E-state index in [2.05, 4.69) is 50.6 Å². The van der Waals surface area contributed by atoms with Crippen LogP contribution < -0.4 is 5.32 Å². The number of aromatic nitrogens is 3. The van der Waals surface area contributed by atoms with Crippen LogP contribution >= 0.6 is 11.8 Å². The summed E-state index contributed by atoms with van der Waals surface area (Å²) in [6.45, 7) is 9.38. The van der Waals surface area contributed by atoms with Crippen molar-refractivity contribution in [2.24, 2.45) is 10.9 Å². The third kappa shape index (κ3) is 4.28. The van der Waals surface area contributed by atoms with Gasteiger partial charge in [-0.15, -0.1) is 10.2 Å². The lowest BCUT2D eigenvalue weighted by atomic mass is 9.87. The van der Waals surface area contributed by atoms with E-state index in [-0.39, 0.29) is 0 Å². The molecular weight excluding hydrogens is 356 g/mol. The Morgan fingerprint density at radius 1 is 1.30 bits per heavy atom. The fourth-order valence-corrected chi connectivity index (χ4v) is 6.41. The Labute approximate surface area is 167 Å². The molecule has 3 aliphatic rings. The van der Waals surface area contributed by atoms with Gasteiger partial charge in [0.2, 0.25) is 0 Å². The van der Waals surface area contributed by atoms with Crippen molar-refractivity contribution >= 4 is 17.7 Å². The number of thioether (sulfide) groups is 1. The molecule has 0 radical (unpaired) electrons. The number of rotatable bonds is 3. The zero-order valence-corrected chi connectivity index (χ0v) is 17.7. The Hall–Kier alpha value is -1.24. The molecule has 1 saturated carbocycles. The van der Waals surface area contributed by atoms with E-state index in [1.165, 1.54) is 50.8 Å². The summed E-state index contributed by atoms with van der Waals surface area (Å²) in [6.07, 6.45) is 9.18. The number of aryl methyl sites for hydroxylation is 2. The topological polar surface area (TPSA) is 58.3 Å². The van der Waals surface area contributed by atoms with Crippen LogP contribution in [-0.4, -0.2) is 62.3 Å². The second-order valence-corrected chi connectivity index (χ2v) is 9.95. The quantitative estimate of drug-likeness (QED) is 0.635. The Balaban J connectivity index is 1.42. The van der Waals surface area contributed by atoms with Crippen LogP contribution in [0.1, 0.15) is 57.1 Å². The summed E-state index contributed by atoms with van der Waals surface area (Å²) in [5, 5.41) is 12.1. The van der Waals surface area contributed by atoms with Crippen molar-refractivity contribution in [2.45, 2.75) is 70.1 Å². The zero-order chi connectivity index (χ0) is 18.7. The molecule has 1 spiro atoms. The van der Waals surface area contributed by atoms with E-state index in [4.69, 9.17) is 4.99 Å². The third-order valence-corrected chi connectivity index (χ3v) is 7.91. The lowest BCUT2D eigenvalue weighted by molar-refractivity contribution is 0.292. The van der Waals surface area contributed by atoms with Gasteiger partial charge in [0.25, 0.3) is 0 Å². The second-order valence-electron chi connectivity index (χ2n) is 8.39. The van der Waals surface area contributed by atoms with Crippen molar-refractivity contribution in [3.05, 3.63) is 11.6 Å². The summed E-state index contributed by atoms with van der Waals surface area (Å²) in [6, 6.07) is 0. The maximum absolute atomic E-state index is 5.09. The minimum absolute atomic E-state index is 0.478. The molecule has 2 aliphatic heterocycles. The van der Waals surface area contributed by atoms with Gasteiger partial charge in [-0.2, -0.15) is 11.8 Å². The molecule has 0 amide bonds. The van der Waals surface area contributed by atoms with Crippen LogP contribution in [0.25, 0.3) is 0 Å².